The van der Waals surface area contributed by atoms with Crippen molar-refractivity contribution in [1.29, 1.82) is 0 Å². The number of amides is 2. The first-order chi connectivity index (χ1) is 17.8. The molecule has 1 aliphatic rings. The summed E-state index contributed by atoms with van der Waals surface area (Å²) in [4.78, 5) is 40.5. The number of anilines is 1. The highest BCUT2D eigenvalue weighted by Gasteiger charge is 2.41. The maximum absolute atomic E-state index is 13.2. The molecule has 3 N–H and O–H groups in total. The largest absolute Gasteiger partial charge is 0.480 e. The fourth-order valence-corrected chi connectivity index (χ4v) is 5.28. The lowest BCUT2D eigenvalue weighted by atomic mass is 9.79. The van der Waals surface area contributed by atoms with Gasteiger partial charge in [-0.25, -0.2) is 4.79 Å². The average Bonchev–Trinajstić information content (AvgIpc) is 3.34. The molecular weight excluding hydrogens is 517 g/mol. The number of nitrogens with zero attached hydrogens (tertiary/aromatic N) is 3. The SMILES string of the molecule is [N-]=[N+]=NCCCCC1(C(=O)N[C@@H](Cc2ccc(NC(=O)c3c(Cl)cccc3Cl)cc2)C(=O)O)CCCC1. The van der Waals surface area contributed by atoms with Gasteiger partial charge in [0.25, 0.3) is 5.91 Å². The Hall–Kier alpha value is -3.26. The predicted octanol–water partition coefficient (Wildman–Crippen LogP) is 6.40. The first-order valence-corrected chi connectivity index (χ1v) is 12.9. The summed E-state index contributed by atoms with van der Waals surface area (Å²) in [6, 6.07) is 10.4. The highest BCUT2D eigenvalue weighted by molar-refractivity contribution is 6.40. The molecule has 9 nitrogen and oxygen atoms in total. The molecule has 0 aromatic heterocycles. The Morgan fingerprint density at radius 2 is 1.70 bits per heavy atom. The van der Waals surface area contributed by atoms with E-state index in [0.717, 1.165) is 32.1 Å². The zero-order chi connectivity index (χ0) is 26.8. The average molecular weight is 546 g/mol. The molecule has 0 radical (unpaired) electrons. The van der Waals surface area contributed by atoms with Gasteiger partial charge in [-0.3, -0.25) is 9.59 Å². The number of hydrogen-bond donors (Lipinski definition) is 3. The third kappa shape index (κ3) is 7.61. The molecule has 0 saturated heterocycles. The Kier molecular flexibility index (Phi) is 10.2. The van der Waals surface area contributed by atoms with Gasteiger partial charge in [-0.05, 0) is 61.0 Å². The van der Waals surface area contributed by atoms with Crippen LogP contribution in [0.5, 0.6) is 0 Å². The minimum Gasteiger partial charge on any atom is -0.480 e. The van der Waals surface area contributed by atoms with Crippen LogP contribution in [0.2, 0.25) is 10.0 Å². The molecule has 0 bridgehead atoms. The highest BCUT2D eigenvalue weighted by Crippen LogP contribution is 2.42. The Morgan fingerprint density at radius 1 is 1.05 bits per heavy atom. The molecule has 0 unspecified atom stereocenters. The van der Waals surface area contributed by atoms with Gasteiger partial charge >= 0.3 is 5.97 Å². The summed E-state index contributed by atoms with van der Waals surface area (Å²) in [6.45, 7) is 0.383. The number of nitrogens with one attached hydrogen (secondary N) is 2. The predicted molar refractivity (Wildman–Crippen MR) is 143 cm³/mol. The Bertz CT molecular complexity index is 1160. The van der Waals surface area contributed by atoms with Crippen molar-refractivity contribution in [3.63, 3.8) is 0 Å². The number of rotatable bonds is 12. The Balaban J connectivity index is 1.62. The molecule has 1 atom stereocenters. The number of aliphatic carboxylic acids is 1. The van der Waals surface area contributed by atoms with Crippen LogP contribution in [0.4, 0.5) is 5.69 Å². The van der Waals surface area contributed by atoms with Crippen molar-refractivity contribution in [2.24, 2.45) is 10.5 Å². The lowest BCUT2D eigenvalue weighted by molar-refractivity contribution is -0.144. The molecule has 0 aliphatic heterocycles. The first-order valence-electron chi connectivity index (χ1n) is 12.1. The minimum absolute atomic E-state index is 0.0958. The van der Waals surface area contributed by atoms with E-state index in [-0.39, 0.29) is 27.9 Å². The number of carboxylic acid groups (broad SMARTS) is 1. The van der Waals surface area contributed by atoms with Crippen LogP contribution in [0.1, 0.15) is 60.9 Å². The molecule has 196 valence electrons. The van der Waals surface area contributed by atoms with E-state index in [0.29, 0.717) is 30.6 Å². The van der Waals surface area contributed by atoms with E-state index in [1.54, 1.807) is 42.5 Å². The first kappa shape index (κ1) is 28.3. The fraction of sp³-hybridized carbons (Fsp3) is 0.423. The molecule has 1 fully saturated rings. The molecule has 1 saturated carbocycles. The van der Waals surface area contributed by atoms with Crippen LogP contribution in [0, 0.1) is 5.41 Å². The van der Waals surface area contributed by atoms with Gasteiger partial charge < -0.3 is 15.7 Å². The third-order valence-electron chi connectivity index (χ3n) is 6.71. The van der Waals surface area contributed by atoms with Crippen molar-refractivity contribution in [2.45, 2.75) is 57.4 Å². The van der Waals surface area contributed by atoms with Crippen molar-refractivity contribution >= 4 is 46.7 Å². The monoisotopic (exact) mass is 545 g/mol. The zero-order valence-corrected chi connectivity index (χ0v) is 21.8. The van der Waals surface area contributed by atoms with Crippen molar-refractivity contribution in [2.75, 3.05) is 11.9 Å². The quantitative estimate of drug-likeness (QED) is 0.122. The van der Waals surface area contributed by atoms with Gasteiger partial charge in [0.15, 0.2) is 0 Å². The summed E-state index contributed by atoms with van der Waals surface area (Å²) in [7, 11) is 0. The molecule has 1 aliphatic carbocycles. The van der Waals surface area contributed by atoms with Gasteiger partial charge in [0, 0.05) is 29.0 Å². The van der Waals surface area contributed by atoms with Crippen LogP contribution in [0.3, 0.4) is 0 Å². The van der Waals surface area contributed by atoms with Crippen molar-refractivity contribution in [1.82, 2.24) is 5.32 Å². The Labute approximate surface area is 225 Å². The summed E-state index contributed by atoms with van der Waals surface area (Å²) in [5.41, 5.74) is 9.19. The molecule has 3 rings (SSSR count). The molecule has 2 amide bonds. The number of azide groups is 1. The van der Waals surface area contributed by atoms with Crippen LogP contribution in [-0.4, -0.2) is 35.5 Å². The van der Waals surface area contributed by atoms with Crippen LogP contribution in [0.25, 0.3) is 10.4 Å². The van der Waals surface area contributed by atoms with E-state index < -0.39 is 23.3 Å². The summed E-state index contributed by atoms with van der Waals surface area (Å²) in [5, 5.41) is 19.3. The van der Waals surface area contributed by atoms with E-state index >= 15 is 0 Å². The number of carboxylic acids is 1. The lowest BCUT2D eigenvalue weighted by Crippen LogP contribution is -2.48. The maximum atomic E-state index is 13.2. The van der Waals surface area contributed by atoms with E-state index in [1.165, 1.54) is 0 Å². The maximum Gasteiger partial charge on any atom is 0.326 e. The van der Waals surface area contributed by atoms with Gasteiger partial charge in [0.05, 0.1) is 15.6 Å². The number of carbonyl (C=O) groups is 3. The number of unbranched alkanes of at least 4 members (excludes halogenated alkanes) is 1. The molecule has 0 heterocycles. The van der Waals surface area contributed by atoms with Gasteiger partial charge in [0.2, 0.25) is 5.91 Å². The van der Waals surface area contributed by atoms with E-state index in [4.69, 9.17) is 28.7 Å². The topological polar surface area (TPSA) is 144 Å². The smallest absolute Gasteiger partial charge is 0.326 e. The summed E-state index contributed by atoms with van der Waals surface area (Å²) in [5.74, 6) is -1.81. The van der Waals surface area contributed by atoms with E-state index in [1.807, 2.05) is 0 Å². The number of benzene rings is 2. The number of hydrogen-bond acceptors (Lipinski definition) is 4. The van der Waals surface area contributed by atoms with Crippen LogP contribution >= 0.6 is 23.2 Å². The van der Waals surface area contributed by atoms with Gasteiger partial charge in [-0.2, -0.15) is 0 Å². The summed E-state index contributed by atoms with van der Waals surface area (Å²) in [6.07, 6.45) is 5.44. The summed E-state index contributed by atoms with van der Waals surface area (Å²) >= 11 is 12.2. The third-order valence-corrected chi connectivity index (χ3v) is 7.34. The van der Waals surface area contributed by atoms with Crippen molar-refractivity contribution in [3.05, 3.63) is 74.1 Å². The zero-order valence-electron chi connectivity index (χ0n) is 20.3. The molecule has 37 heavy (non-hydrogen) atoms. The fourth-order valence-electron chi connectivity index (χ4n) is 4.71. The molecule has 2 aromatic rings. The van der Waals surface area contributed by atoms with Crippen LogP contribution < -0.4 is 10.6 Å². The van der Waals surface area contributed by atoms with Gasteiger partial charge in [-0.1, -0.05) is 65.8 Å². The highest BCUT2D eigenvalue weighted by atomic mass is 35.5. The normalized spacial score (nSPS) is 14.9. The van der Waals surface area contributed by atoms with Gasteiger partial charge in [-0.15, -0.1) is 0 Å². The Morgan fingerprint density at radius 3 is 2.30 bits per heavy atom. The molecule has 2 aromatic carbocycles. The van der Waals surface area contributed by atoms with Crippen molar-refractivity contribution in [3.8, 4) is 0 Å². The second-order valence-electron chi connectivity index (χ2n) is 9.22. The number of halogens is 2. The lowest BCUT2D eigenvalue weighted by Gasteiger charge is -2.29. The van der Waals surface area contributed by atoms with Crippen LogP contribution in [-0.2, 0) is 16.0 Å². The van der Waals surface area contributed by atoms with Gasteiger partial charge in [0.1, 0.15) is 6.04 Å². The summed E-state index contributed by atoms with van der Waals surface area (Å²) < 4.78 is 0. The van der Waals surface area contributed by atoms with Crippen LogP contribution in [0.15, 0.2) is 47.6 Å². The van der Waals surface area contributed by atoms with E-state index in [9.17, 15) is 19.5 Å². The second kappa shape index (κ2) is 13.3. The molecule has 0 spiro atoms. The second-order valence-corrected chi connectivity index (χ2v) is 10.0. The number of carbonyl (C=O) groups excluding carboxylic acids is 2. The minimum atomic E-state index is -1.12. The standard InChI is InChI=1S/C26H29Cl2N5O4/c27-19-6-5-7-20(28)22(19)23(34)31-18-10-8-17(9-11-18)16-21(24(35)36)32-25(37)26(12-1-2-13-26)14-3-4-15-30-33-29/h5-11,21H,1-4,12-16H2,(H,31,34)(H,32,37)(H,35,36)/t21-/m0/s1. The molecule has 11 heteroatoms. The van der Waals surface area contributed by atoms with E-state index in [2.05, 4.69) is 20.7 Å². The van der Waals surface area contributed by atoms with Crippen molar-refractivity contribution < 1.29 is 19.5 Å². The molecular formula is C26H29Cl2N5O4.